The summed E-state index contributed by atoms with van der Waals surface area (Å²) in [5, 5.41) is 1.98. The van der Waals surface area contributed by atoms with Gasteiger partial charge in [-0.15, -0.1) is 0 Å². The van der Waals surface area contributed by atoms with Crippen molar-refractivity contribution in [1.29, 1.82) is 0 Å². The molecule has 0 aromatic rings. The number of primary amides is 1. The van der Waals surface area contributed by atoms with Gasteiger partial charge < -0.3 is 15.5 Å². The van der Waals surface area contributed by atoms with Crippen LogP contribution in [0.2, 0.25) is 18.1 Å². The van der Waals surface area contributed by atoms with Crippen LogP contribution in [0.3, 0.4) is 0 Å². The predicted octanol–water partition coefficient (Wildman–Crippen LogP) is 13.9. The van der Waals surface area contributed by atoms with Gasteiger partial charge in [0.15, 0.2) is 13.6 Å². The van der Waals surface area contributed by atoms with Crippen molar-refractivity contribution in [2.45, 2.75) is 244 Å². The predicted molar refractivity (Wildman–Crippen MR) is 233 cm³/mol. The van der Waals surface area contributed by atoms with Gasteiger partial charge in [-0.2, -0.15) is 0 Å². The highest BCUT2D eigenvalue weighted by molar-refractivity contribution is 7.43. The smallest absolute Gasteiger partial charge is 0.256 e. The molecule has 3 N–H and O–H groups in total. The van der Waals surface area contributed by atoms with Crippen LogP contribution in [-0.4, -0.2) is 37.3 Å². The number of carbonyl (C=O) groups is 2. The average Bonchev–Trinajstić information content (AvgIpc) is 3.56. The van der Waals surface area contributed by atoms with Crippen LogP contribution in [0.1, 0.15) is 214 Å². The van der Waals surface area contributed by atoms with E-state index in [2.05, 4.69) is 52.1 Å². The van der Waals surface area contributed by atoms with Gasteiger partial charge in [0.2, 0.25) is 5.91 Å². The van der Waals surface area contributed by atoms with Crippen molar-refractivity contribution < 1.29 is 14.0 Å². The van der Waals surface area contributed by atoms with E-state index >= 15 is 0 Å². The molecule has 1 aliphatic heterocycles. The van der Waals surface area contributed by atoms with Gasteiger partial charge in [0.05, 0.1) is 6.10 Å². The molecule has 2 amide bonds. The molecule has 0 fully saturated rings. The lowest BCUT2D eigenvalue weighted by Crippen LogP contribution is -2.54. The van der Waals surface area contributed by atoms with Crippen LogP contribution in [0.5, 0.6) is 0 Å². The summed E-state index contributed by atoms with van der Waals surface area (Å²) < 4.78 is 7.00. The standard InChI is InChI=1S/C45H85N2O3PSi/c1-6-11-13-15-17-19-21-23-25-27-29-31-33-35-42(50-52(8-3,9-4)10-5)38-37-41-39-40-51-45(41,44(46)49)47-43(48)36-34-32-30-28-26-24-22-20-18-16-14-12-7-2/h33,35,39-40,42H,6-32,34,36-38H2,1-5H3,(H2,46,49)(H,47,48)/b35-33+/t42-,45-/m0/s1. The largest absolute Gasteiger partial charge is 0.411 e. The number of rotatable bonds is 37. The molecule has 302 valence electrons. The molecule has 0 saturated carbocycles. The van der Waals surface area contributed by atoms with E-state index in [0.29, 0.717) is 12.8 Å². The first-order valence-electron chi connectivity index (χ1n) is 22.5. The van der Waals surface area contributed by atoms with E-state index in [-0.39, 0.29) is 12.0 Å². The minimum Gasteiger partial charge on any atom is -0.411 e. The van der Waals surface area contributed by atoms with Gasteiger partial charge in [0.1, 0.15) is 0 Å². The van der Waals surface area contributed by atoms with Crippen molar-refractivity contribution in [3.8, 4) is 0 Å². The van der Waals surface area contributed by atoms with Crippen molar-refractivity contribution in [2.24, 2.45) is 5.73 Å². The van der Waals surface area contributed by atoms with Crippen LogP contribution in [0.15, 0.2) is 23.8 Å². The molecule has 0 bridgehead atoms. The lowest BCUT2D eigenvalue weighted by molar-refractivity contribution is -0.127. The third kappa shape index (κ3) is 21.6. The normalized spacial score (nSPS) is 16.8. The van der Waals surface area contributed by atoms with Gasteiger partial charge in [-0.3, -0.25) is 9.59 Å². The summed E-state index contributed by atoms with van der Waals surface area (Å²) in [6.07, 6.45) is 41.2. The van der Waals surface area contributed by atoms with Crippen LogP contribution < -0.4 is 11.1 Å². The third-order valence-corrected chi connectivity index (χ3v) is 17.5. The van der Waals surface area contributed by atoms with Crippen molar-refractivity contribution in [3.63, 3.8) is 0 Å². The molecule has 0 unspecified atom stereocenters. The minimum absolute atomic E-state index is 0.0180. The highest BCUT2D eigenvalue weighted by Crippen LogP contribution is 2.38. The van der Waals surface area contributed by atoms with Crippen LogP contribution >= 0.6 is 8.20 Å². The van der Waals surface area contributed by atoms with E-state index < -0.39 is 19.5 Å². The second kappa shape index (κ2) is 32.1. The molecular weight excluding hydrogens is 676 g/mol. The zero-order valence-electron chi connectivity index (χ0n) is 35.1. The quantitative estimate of drug-likeness (QED) is 0.0286. The maximum Gasteiger partial charge on any atom is 0.256 e. The maximum atomic E-state index is 13.2. The Morgan fingerprint density at radius 1 is 0.712 bits per heavy atom. The van der Waals surface area contributed by atoms with Crippen LogP contribution in [-0.2, 0) is 14.0 Å². The molecule has 2 atom stereocenters. The lowest BCUT2D eigenvalue weighted by atomic mass is 9.97. The van der Waals surface area contributed by atoms with E-state index in [9.17, 15) is 9.59 Å². The summed E-state index contributed by atoms with van der Waals surface area (Å²) in [6.45, 7) is 11.4. The van der Waals surface area contributed by atoms with Gasteiger partial charge in [0.25, 0.3) is 5.91 Å². The van der Waals surface area contributed by atoms with Crippen molar-refractivity contribution in [2.75, 3.05) is 0 Å². The molecule has 52 heavy (non-hydrogen) atoms. The fourth-order valence-corrected chi connectivity index (χ4v) is 11.6. The van der Waals surface area contributed by atoms with Gasteiger partial charge >= 0.3 is 0 Å². The van der Waals surface area contributed by atoms with Crippen LogP contribution in [0.25, 0.3) is 0 Å². The fraction of sp³-hybridized carbons (Fsp3) is 0.844. The van der Waals surface area contributed by atoms with Gasteiger partial charge in [-0.25, -0.2) is 0 Å². The Bertz CT molecular complexity index is 987. The highest BCUT2D eigenvalue weighted by Gasteiger charge is 2.42. The summed E-state index contributed by atoms with van der Waals surface area (Å²) in [5.41, 5.74) is 6.97. The van der Waals surface area contributed by atoms with Crippen molar-refractivity contribution in [1.82, 2.24) is 5.32 Å². The lowest BCUT2D eigenvalue weighted by Gasteiger charge is -2.33. The molecule has 1 heterocycles. The van der Waals surface area contributed by atoms with Crippen LogP contribution in [0.4, 0.5) is 0 Å². The first-order valence-corrected chi connectivity index (χ1v) is 26.0. The number of nitrogens with one attached hydrogen (secondary N) is 1. The van der Waals surface area contributed by atoms with E-state index in [1.165, 1.54) is 141 Å². The minimum atomic E-state index is -1.83. The summed E-state index contributed by atoms with van der Waals surface area (Å²) in [6, 6.07) is 3.33. The second-order valence-electron chi connectivity index (χ2n) is 15.8. The molecule has 0 radical (unpaired) electrons. The number of amides is 2. The SMILES string of the molecule is CCCCCCCCCCCCC/C=C/[C@@H](CCC1=CC=P[C@]1(NC(=O)CCCCCCCCCCCCCCC)C(N)=O)O[Si](CC)(CC)CC. The summed E-state index contributed by atoms with van der Waals surface area (Å²) in [7, 11) is -1.08. The zero-order valence-corrected chi connectivity index (χ0v) is 37.0. The molecule has 0 aliphatic carbocycles. The number of allylic oxidation sites excluding steroid dienone is 2. The number of hydrogen-bond acceptors (Lipinski definition) is 3. The Morgan fingerprint density at radius 3 is 1.60 bits per heavy atom. The first-order chi connectivity index (χ1) is 25.3. The van der Waals surface area contributed by atoms with E-state index in [4.69, 9.17) is 10.2 Å². The summed E-state index contributed by atoms with van der Waals surface area (Å²) in [5.74, 6) is 1.45. The van der Waals surface area contributed by atoms with Gasteiger partial charge in [0, 0.05) is 6.42 Å². The number of carbonyl (C=O) groups excluding carboxylic acids is 2. The highest BCUT2D eigenvalue weighted by atomic mass is 31.1. The van der Waals surface area contributed by atoms with E-state index in [1.54, 1.807) is 0 Å². The molecular formula is C45H85N2O3PSi. The monoisotopic (exact) mass is 761 g/mol. The summed E-state index contributed by atoms with van der Waals surface area (Å²) in [4.78, 5) is 26.1. The first kappa shape index (κ1) is 48.8. The molecule has 0 spiro atoms. The third-order valence-electron chi connectivity index (χ3n) is 11.6. The Hall–Kier alpha value is -1.23. The molecule has 0 aromatic carbocycles. The average molecular weight is 761 g/mol. The molecule has 0 aromatic heterocycles. The second-order valence-corrected chi connectivity index (χ2v) is 21.7. The molecule has 7 heteroatoms. The molecule has 1 rings (SSSR count). The van der Waals surface area contributed by atoms with Crippen molar-refractivity contribution in [3.05, 3.63) is 23.8 Å². The van der Waals surface area contributed by atoms with Crippen molar-refractivity contribution >= 4 is 34.1 Å². The molecule has 0 saturated heterocycles. The topological polar surface area (TPSA) is 81.4 Å². The Labute approximate surface area is 325 Å². The van der Waals surface area contributed by atoms with Gasteiger partial charge in [-0.1, -0.05) is 202 Å². The van der Waals surface area contributed by atoms with E-state index in [1.807, 2.05) is 11.9 Å². The molecule has 5 nitrogen and oxygen atoms in total. The number of hydrogen-bond donors (Lipinski definition) is 2. The Morgan fingerprint density at radius 2 is 1.15 bits per heavy atom. The Balaban J connectivity index is 2.55. The van der Waals surface area contributed by atoms with Crippen LogP contribution in [0, 0.1) is 0 Å². The summed E-state index contributed by atoms with van der Waals surface area (Å²) >= 11 is 0. The van der Waals surface area contributed by atoms with E-state index in [0.717, 1.165) is 57.6 Å². The molecule has 1 aliphatic rings. The Kier molecular flexibility index (Phi) is 30.1. The maximum absolute atomic E-state index is 13.2. The fourth-order valence-electron chi connectivity index (χ4n) is 7.66. The number of nitrogens with two attached hydrogens (primary N) is 1. The zero-order chi connectivity index (χ0) is 38.2. The van der Waals surface area contributed by atoms with Gasteiger partial charge in [-0.05, 0) is 61.6 Å². The number of unbranched alkanes of at least 4 members (excludes halogenated alkanes) is 23.